The van der Waals surface area contributed by atoms with E-state index in [1.807, 2.05) is 85.1 Å². The Morgan fingerprint density at radius 2 is 1.65 bits per heavy atom. The molecular formula is C27H26N4O3S3. The Labute approximate surface area is 229 Å². The van der Waals surface area contributed by atoms with Crippen LogP contribution in [0.15, 0.2) is 83.1 Å². The summed E-state index contributed by atoms with van der Waals surface area (Å²) in [6.45, 7) is 1.87. The summed E-state index contributed by atoms with van der Waals surface area (Å²) >= 11 is 8.25. The number of thioether (sulfide) groups is 1. The maximum absolute atomic E-state index is 12.9. The highest BCUT2D eigenvalue weighted by molar-refractivity contribution is 8.00. The number of methoxy groups -OCH3 is 2. The van der Waals surface area contributed by atoms with Gasteiger partial charge in [0.15, 0.2) is 21.7 Å². The van der Waals surface area contributed by atoms with Gasteiger partial charge in [-0.2, -0.15) is 0 Å². The third-order valence-electron chi connectivity index (χ3n) is 5.22. The highest BCUT2D eigenvalue weighted by Crippen LogP contribution is 2.34. The normalized spacial score (nSPS) is 11.3. The average Bonchev–Trinajstić information content (AvgIpc) is 3.37. The van der Waals surface area contributed by atoms with Crippen LogP contribution >= 0.6 is 35.3 Å². The first kappa shape index (κ1) is 26.5. The van der Waals surface area contributed by atoms with Gasteiger partial charge in [-0.05, 0) is 67.7 Å². The van der Waals surface area contributed by atoms with E-state index in [-0.39, 0.29) is 11.2 Å². The quantitative estimate of drug-likeness (QED) is 0.156. The molecule has 0 aliphatic carbocycles. The fourth-order valence-corrected chi connectivity index (χ4v) is 5.27. The van der Waals surface area contributed by atoms with Gasteiger partial charge in [0.25, 0.3) is 0 Å². The number of ether oxygens (including phenoxy) is 2. The molecule has 1 unspecified atom stereocenters. The van der Waals surface area contributed by atoms with Crippen LogP contribution in [0.4, 0.5) is 16.5 Å². The molecule has 10 heteroatoms. The van der Waals surface area contributed by atoms with Gasteiger partial charge in [-0.25, -0.2) is 4.98 Å². The van der Waals surface area contributed by atoms with Gasteiger partial charge in [0.05, 0.1) is 25.2 Å². The molecule has 37 heavy (non-hydrogen) atoms. The van der Waals surface area contributed by atoms with E-state index in [9.17, 15) is 4.79 Å². The van der Waals surface area contributed by atoms with Crippen LogP contribution in [-0.4, -0.2) is 35.5 Å². The number of hydrogen-bond acceptors (Lipinski definition) is 7. The van der Waals surface area contributed by atoms with Crippen LogP contribution in [-0.2, 0) is 4.79 Å². The predicted octanol–water partition coefficient (Wildman–Crippen LogP) is 6.76. The molecule has 0 saturated heterocycles. The zero-order valence-electron chi connectivity index (χ0n) is 20.5. The van der Waals surface area contributed by atoms with Crippen molar-refractivity contribution in [3.8, 4) is 22.8 Å². The van der Waals surface area contributed by atoms with E-state index in [1.54, 1.807) is 14.2 Å². The molecule has 1 amide bonds. The molecular weight excluding hydrogens is 525 g/mol. The molecule has 190 valence electrons. The number of para-hydroxylation sites is 1. The van der Waals surface area contributed by atoms with E-state index >= 15 is 0 Å². The first-order chi connectivity index (χ1) is 17.9. The number of thiocarbonyl (C=S) groups is 1. The Bertz CT molecular complexity index is 1380. The van der Waals surface area contributed by atoms with Crippen molar-refractivity contribution in [2.75, 3.05) is 30.2 Å². The number of anilines is 3. The Kier molecular flexibility index (Phi) is 8.99. The molecule has 4 aromatic rings. The number of carbonyl (C=O) groups is 1. The number of aromatic nitrogens is 1. The van der Waals surface area contributed by atoms with Crippen molar-refractivity contribution in [1.82, 2.24) is 4.98 Å². The summed E-state index contributed by atoms with van der Waals surface area (Å²) < 4.78 is 10.7. The first-order valence-electron chi connectivity index (χ1n) is 11.3. The number of rotatable bonds is 9. The summed E-state index contributed by atoms with van der Waals surface area (Å²) in [6, 6.07) is 23.1. The van der Waals surface area contributed by atoms with Crippen molar-refractivity contribution in [3.63, 3.8) is 0 Å². The average molecular weight is 551 g/mol. The summed E-state index contributed by atoms with van der Waals surface area (Å²) in [5, 5.41) is 11.9. The largest absolute Gasteiger partial charge is 0.493 e. The highest BCUT2D eigenvalue weighted by Gasteiger charge is 2.17. The predicted molar refractivity (Wildman–Crippen MR) is 157 cm³/mol. The lowest BCUT2D eigenvalue weighted by Crippen LogP contribution is -2.22. The Morgan fingerprint density at radius 3 is 2.41 bits per heavy atom. The minimum atomic E-state index is -0.335. The maximum Gasteiger partial charge on any atom is 0.239 e. The van der Waals surface area contributed by atoms with E-state index < -0.39 is 0 Å². The fraction of sp³-hybridized carbons (Fsp3) is 0.148. The van der Waals surface area contributed by atoms with Gasteiger partial charge in [-0.3, -0.25) is 4.79 Å². The Hall–Kier alpha value is -3.60. The zero-order chi connectivity index (χ0) is 26.2. The van der Waals surface area contributed by atoms with Crippen LogP contribution < -0.4 is 25.4 Å². The second kappa shape index (κ2) is 12.6. The van der Waals surface area contributed by atoms with Crippen LogP contribution in [0.3, 0.4) is 0 Å². The summed E-state index contributed by atoms with van der Waals surface area (Å²) in [4.78, 5) is 18.4. The molecule has 3 N–H and O–H groups in total. The van der Waals surface area contributed by atoms with Gasteiger partial charge in [0, 0.05) is 27.2 Å². The van der Waals surface area contributed by atoms with Gasteiger partial charge < -0.3 is 25.4 Å². The lowest BCUT2D eigenvalue weighted by atomic mass is 10.1. The Morgan fingerprint density at radius 1 is 0.919 bits per heavy atom. The number of thiazole rings is 1. The molecule has 1 heterocycles. The zero-order valence-corrected chi connectivity index (χ0v) is 22.9. The molecule has 0 fully saturated rings. The Balaban J connectivity index is 1.34. The van der Waals surface area contributed by atoms with Crippen LogP contribution in [0.2, 0.25) is 0 Å². The third-order valence-corrected chi connectivity index (χ3v) is 7.27. The van der Waals surface area contributed by atoms with Gasteiger partial charge >= 0.3 is 0 Å². The summed E-state index contributed by atoms with van der Waals surface area (Å²) in [5.74, 6) is 1.14. The number of hydrogen-bond donors (Lipinski definition) is 3. The fourth-order valence-electron chi connectivity index (χ4n) is 3.39. The monoisotopic (exact) mass is 550 g/mol. The molecule has 0 bridgehead atoms. The van der Waals surface area contributed by atoms with Crippen LogP contribution in [0.5, 0.6) is 11.5 Å². The minimum absolute atomic E-state index is 0.127. The second-order valence-corrected chi connectivity index (χ2v) is 10.5. The van der Waals surface area contributed by atoms with E-state index in [0.29, 0.717) is 21.7 Å². The first-order valence-corrected chi connectivity index (χ1v) is 13.5. The standard InChI is InChI=1S/C27H26N4O3S3/c1-17(37-21-11-7-10-20(15-21)29-26(35)28-19-8-5-4-6-9-19)25(32)31-27-30-22(16-36-27)18-12-13-23(33-2)24(14-18)34-3/h4-17H,1-3H3,(H2,28,29,35)(H,30,31,32). The molecule has 0 aliphatic heterocycles. The lowest BCUT2D eigenvalue weighted by molar-refractivity contribution is -0.115. The van der Waals surface area contributed by atoms with Crippen molar-refractivity contribution < 1.29 is 14.3 Å². The number of benzene rings is 3. The summed E-state index contributed by atoms with van der Waals surface area (Å²) in [6.07, 6.45) is 0. The van der Waals surface area contributed by atoms with Crippen molar-refractivity contribution >= 4 is 62.8 Å². The molecule has 1 atom stereocenters. The summed E-state index contributed by atoms with van der Waals surface area (Å²) in [5.41, 5.74) is 3.37. The van der Waals surface area contributed by atoms with Gasteiger partial charge in [-0.1, -0.05) is 24.3 Å². The van der Waals surface area contributed by atoms with Gasteiger partial charge in [0.2, 0.25) is 5.91 Å². The number of nitrogens with one attached hydrogen (secondary N) is 3. The molecule has 4 rings (SSSR count). The third kappa shape index (κ3) is 7.22. The van der Waals surface area contributed by atoms with Crippen molar-refractivity contribution in [2.24, 2.45) is 0 Å². The molecule has 0 radical (unpaired) electrons. The van der Waals surface area contributed by atoms with Crippen LogP contribution in [0.1, 0.15) is 6.92 Å². The SMILES string of the molecule is COc1ccc(-c2csc(NC(=O)C(C)Sc3cccc(NC(=S)Nc4ccccc4)c3)n2)cc1OC. The number of amides is 1. The topological polar surface area (TPSA) is 84.5 Å². The maximum atomic E-state index is 12.9. The van der Waals surface area contributed by atoms with Gasteiger partial charge in [-0.15, -0.1) is 23.1 Å². The van der Waals surface area contributed by atoms with E-state index in [1.165, 1.54) is 23.1 Å². The molecule has 7 nitrogen and oxygen atoms in total. The van der Waals surface area contributed by atoms with Crippen molar-refractivity contribution in [2.45, 2.75) is 17.1 Å². The van der Waals surface area contributed by atoms with Crippen molar-refractivity contribution in [1.29, 1.82) is 0 Å². The van der Waals surface area contributed by atoms with E-state index in [0.717, 1.165) is 27.5 Å². The molecule has 3 aromatic carbocycles. The molecule has 1 aromatic heterocycles. The second-order valence-electron chi connectivity index (χ2n) is 7.83. The summed E-state index contributed by atoms with van der Waals surface area (Å²) in [7, 11) is 3.19. The van der Waals surface area contributed by atoms with E-state index in [4.69, 9.17) is 21.7 Å². The molecule has 0 aliphatic rings. The number of nitrogens with zero attached hydrogens (tertiary/aromatic N) is 1. The highest BCUT2D eigenvalue weighted by atomic mass is 32.2. The smallest absolute Gasteiger partial charge is 0.239 e. The molecule has 0 spiro atoms. The lowest BCUT2D eigenvalue weighted by Gasteiger charge is -2.13. The van der Waals surface area contributed by atoms with Crippen molar-refractivity contribution in [3.05, 3.63) is 78.2 Å². The van der Waals surface area contributed by atoms with Crippen LogP contribution in [0.25, 0.3) is 11.3 Å². The van der Waals surface area contributed by atoms with Crippen LogP contribution in [0, 0.1) is 0 Å². The van der Waals surface area contributed by atoms with Gasteiger partial charge in [0.1, 0.15) is 0 Å². The minimum Gasteiger partial charge on any atom is -0.493 e. The van der Waals surface area contributed by atoms with E-state index in [2.05, 4.69) is 20.9 Å². The number of carbonyl (C=O) groups excluding carboxylic acids is 1. The molecule has 0 saturated carbocycles.